The predicted molar refractivity (Wildman–Crippen MR) is 51.8 cm³/mol. The highest BCUT2D eigenvalue weighted by Gasteiger charge is 2.07. The van der Waals surface area contributed by atoms with Crippen molar-refractivity contribution in [2.75, 3.05) is 18.9 Å². The first-order chi connectivity index (χ1) is 6.29. The molecule has 0 fully saturated rings. The van der Waals surface area contributed by atoms with Gasteiger partial charge in [-0.05, 0) is 13.0 Å². The number of anilines is 1. The van der Waals surface area contributed by atoms with Gasteiger partial charge in [-0.25, -0.2) is 0 Å². The molecule has 0 aromatic carbocycles. The van der Waals surface area contributed by atoms with Crippen LogP contribution < -0.4 is 10.6 Å². The van der Waals surface area contributed by atoms with Gasteiger partial charge in [0.2, 0.25) is 0 Å². The van der Waals surface area contributed by atoms with Gasteiger partial charge in [0.15, 0.2) is 0 Å². The third-order valence-corrected chi connectivity index (χ3v) is 1.66. The van der Waals surface area contributed by atoms with Crippen molar-refractivity contribution in [3.63, 3.8) is 0 Å². The Morgan fingerprint density at radius 2 is 2.38 bits per heavy atom. The standard InChI is InChI=1S/C9H13N3O/c1-3-12-8-4-5-11-6-7(8)9(13)10-2/h4-6H,3H2,1-2H3,(H,10,13)(H,11,12). The van der Waals surface area contributed by atoms with Gasteiger partial charge in [0.1, 0.15) is 0 Å². The number of amides is 1. The summed E-state index contributed by atoms with van der Waals surface area (Å²) in [6, 6.07) is 1.79. The van der Waals surface area contributed by atoms with Crippen LogP contribution in [0, 0.1) is 0 Å². The fourth-order valence-corrected chi connectivity index (χ4v) is 1.05. The van der Waals surface area contributed by atoms with E-state index < -0.39 is 0 Å². The van der Waals surface area contributed by atoms with E-state index in [1.54, 1.807) is 25.5 Å². The number of carbonyl (C=O) groups excluding carboxylic acids is 1. The first kappa shape index (κ1) is 9.51. The van der Waals surface area contributed by atoms with Crippen LogP contribution in [0.2, 0.25) is 0 Å². The number of aromatic nitrogens is 1. The molecule has 0 spiro atoms. The van der Waals surface area contributed by atoms with Gasteiger partial charge in [-0.2, -0.15) is 0 Å². The van der Waals surface area contributed by atoms with Gasteiger partial charge in [0.25, 0.3) is 5.91 Å². The van der Waals surface area contributed by atoms with E-state index in [9.17, 15) is 4.79 Å². The number of nitrogens with zero attached hydrogens (tertiary/aromatic N) is 1. The molecule has 1 aromatic heterocycles. The average Bonchev–Trinajstić information content (AvgIpc) is 2.18. The maximum Gasteiger partial charge on any atom is 0.254 e. The summed E-state index contributed by atoms with van der Waals surface area (Å²) in [5.41, 5.74) is 1.39. The van der Waals surface area contributed by atoms with Gasteiger partial charge in [-0.3, -0.25) is 9.78 Å². The minimum atomic E-state index is -0.121. The maximum atomic E-state index is 11.3. The zero-order chi connectivity index (χ0) is 9.68. The first-order valence-corrected chi connectivity index (χ1v) is 4.19. The summed E-state index contributed by atoms with van der Waals surface area (Å²) in [6.07, 6.45) is 3.21. The molecule has 1 rings (SSSR count). The fraction of sp³-hybridized carbons (Fsp3) is 0.333. The van der Waals surface area contributed by atoms with E-state index in [0.717, 1.165) is 12.2 Å². The molecule has 0 atom stereocenters. The second-order valence-corrected chi connectivity index (χ2v) is 2.53. The van der Waals surface area contributed by atoms with Crippen LogP contribution in [-0.2, 0) is 0 Å². The highest BCUT2D eigenvalue weighted by Crippen LogP contribution is 2.12. The van der Waals surface area contributed by atoms with Gasteiger partial charge in [0, 0.05) is 26.0 Å². The Bertz CT molecular complexity index is 299. The summed E-state index contributed by atoms with van der Waals surface area (Å²) >= 11 is 0. The van der Waals surface area contributed by atoms with E-state index in [0.29, 0.717) is 5.56 Å². The van der Waals surface area contributed by atoms with Crippen molar-refractivity contribution in [3.8, 4) is 0 Å². The Morgan fingerprint density at radius 1 is 1.62 bits per heavy atom. The Labute approximate surface area is 77.4 Å². The largest absolute Gasteiger partial charge is 0.385 e. The molecule has 0 unspecified atom stereocenters. The topological polar surface area (TPSA) is 54.0 Å². The van der Waals surface area contributed by atoms with Gasteiger partial charge in [0.05, 0.1) is 11.3 Å². The van der Waals surface area contributed by atoms with Crippen LogP contribution in [0.4, 0.5) is 5.69 Å². The van der Waals surface area contributed by atoms with Gasteiger partial charge >= 0.3 is 0 Å². The van der Waals surface area contributed by atoms with Crippen LogP contribution in [0.3, 0.4) is 0 Å². The number of carbonyl (C=O) groups is 1. The van der Waals surface area contributed by atoms with Gasteiger partial charge < -0.3 is 10.6 Å². The molecule has 0 aliphatic heterocycles. The Balaban J connectivity index is 2.97. The lowest BCUT2D eigenvalue weighted by molar-refractivity contribution is 0.0963. The van der Waals surface area contributed by atoms with Crippen molar-refractivity contribution in [2.24, 2.45) is 0 Å². The number of rotatable bonds is 3. The highest BCUT2D eigenvalue weighted by atomic mass is 16.1. The number of hydrogen-bond acceptors (Lipinski definition) is 3. The molecule has 0 radical (unpaired) electrons. The molecule has 2 N–H and O–H groups in total. The molecule has 0 saturated heterocycles. The summed E-state index contributed by atoms with van der Waals surface area (Å²) in [6.45, 7) is 2.77. The van der Waals surface area contributed by atoms with E-state index in [1.807, 2.05) is 6.92 Å². The average molecular weight is 179 g/mol. The molecule has 70 valence electrons. The Morgan fingerprint density at radius 3 is 3.00 bits per heavy atom. The summed E-state index contributed by atoms with van der Waals surface area (Å²) in [4.78, 5) is 15.2. The normalized spacial score (nSPS) is 9.38. The Kier molecular flexibility index (Phi) is 3.25. The first-order valence-electron chi connectivity index (χ1n) is 4.19. The molecule has 0 aliphatic rings. The summed E-state index contributed by atoms with van der Waals surface area (Å²) in [7, 11) is 1.60. The summed E-state index contributed by atoms with van der Waals surface area (Å²) < 4.78 is 0. The molecular formula is C9H13N3O. The highest BCUT2D eigenvalue weighted by molar-refractivity contribution is 5.99. The second kappa shape index (κ2) is 4.45. The fourth-order valence-electron chi connectivity index (χ4n) is 1.05. The quantitative estimate of drug-likeness (QED) is 0.724. The van der Waals surface area contributed by atoms with Crippen molar-refractivity contribution in [1.82, 2.24) is 10.3 Å². The summed E-state index contributed by atoms with van der Waals surface area (Å²) in [5.74, 6) is -0.121. The molecule has 0 aliphatic carbocycles. The van der Waals surface area contributed by atoms with E-state index in [1.165, 1.54) is 0 Å². The molecule has 1 aromatic rings. The molecule has 0 saturated carbocycles. The van der Waals surface area contributed by atoms with Crippen molar-refractivity contribution in [1.29, 1.82) is 0 Å². The van der Waals surface area contributed by atoms with Crippen LogP contribution >= 0.6 is 0 Å². The Hall–Kier alpha value is -1.58. The second-order valence-electron chi connectivity index (χ2n) is 2.53. The third kappa shape index (κ3) is 2.18. The van der Waals surface area contributed by atoms with Crippen LogP contribution in [0.1, 0.15) is 17.3 Å². The van der Waals surface area contributed by atoms with Crippen LogP contribution in [0.5, 0.6) is 0 Å². The molecule has 4 nitrogen and oxygen atoms in total. The monoisotopic (exact) mass is 179 g/mol. The van der Waals surface area contributed by atoms with Gasteiger partial charge in [-0.15, -0.1) is 0 Å². The predicted octanol–water partition coefficient (Wildman–Crippen LogP) is 0.873. The minimum absolute atomic E-state index is 0.121. The van der Waals surface area contributed by atoms with E-state index in [2.05, 4.69) is 15.6 Å². The number of pyridine rings is 1. The van der Waals surface area contributed by atoms with Crippen molar-refractivity contribution >= 4 is 11.6 Å². The van der Waals surface area contributed by atoms with E-state index in [-0.39, 0.29) is 5.91 Å². The van der Waals surface area contributed by atoms with Crippen LogP contribution in [0.25, 0.3) is 0 Å². The summed E-state index contributed by atoms with van der Waals surface area (Å²) in [5, 5.41) is 5.65. The SMILES string of the molecule is CCNc1ccncc1C(=O)NC. The zero-order valence-electron chi connectivity index (χ0n) is 7.79. The van der Waals surface area contributed by atoms with Crippen molar-refractivity contribution < 1.29 is 4.79 Å². The zero-order valence-corrected chi connectivity index (χ0v) is 7.79. The van der Waals surface area contributed by atoms with E-state index >= 15 is 0 Å². The third-order valence-electron chi connectivity index (χ3n) is 1.66. The van der Waals surface area contributed by atoms with Crippen LogP contribution in [0.15, 0.2) is 18.5 Å². The van der Waals surface area contributed by atoms with E-state index in [4.69, 9.17) is 0 Å². The lowest BCUT2D eigenvalue weighted by Gasteiger charge is -2.07. The number of nitrogens with one attached hydrogen (secondary N) is 2. The maximum absolute atomic E-state index is 11.3. The molecule has 1 heterocycles. The molecule has 13 heavy (non-hydrogen) atoms. The molecule has 4 heteroatoms. The minimum Gasteiger partial charge on any atom is -0.385 e. The van der Waals surface area contributed by atoms with Crippen LogP contribution in [-0.4, -0.2) is 24.5 Å². The smallest absolute Gasteiger partial charge is 0.254 e. The number of hydrogen-bond donors (Lipinski definition) is 2. The van der Waals surface area contributed by atoms with Crippen molar-refractivity contribution in [3.05, 3.63) is 24.0 Å². The molecule has 0 bridgehead atoms. The molecular weight excluding hydrogens is 166 g/mol. The van der Waals surface area contributed by atoms with Gasteiger partial charge in [-0.1, -0.05) is 0 Å². The molecule has 1 amide bonds. The lowest BCUT2D eigenvalue weighted by atomic mass is 10.2. The lowest BCUT2D eigenvalue weighted by Crippen LogP contribution is -2.19. The van der Waals surface area contributed by atoms with Crippen molar-refractivity contribution in [2.45, 2.75) is 6.92 Å².